The van der Waals surface area contributed by atoms with Crippen molar-refractivity contribution in [1.29, 1.82) is 0 Å². The molecule has 0 N–H and O–H groups in total. The van der Waals surface area contributed by atoms with Crippen molar-refractivity contribution in [1.82, 2.24) is 15.0 Å². The van der Waals surface area contributed by atoms with Crippen molar-refractivity contribution in [3.63, 3.8) is 0 Å². The van der Waals surface area contributed by atoms with Crippen LogP contribution in [0.3, 0.4) is 0 Å². The summed E-state index contributed by atoms with van der Waals surface area (Å²) in [5.74, 6) is 0.292. The van der Waals surface area contributed by atoms with Crippen molar-refractivity contribution in [2.45, 2.75) is 116 Å². The van der Waals surface area contributed by atoms with E-state index >= 15 is 0 Å². The lowest BCUT2D eigenvalue weighted by atomic mass is 9.92. The fourth-order valence-corrected chi connectivity index (χ4v) is 14.4. The summed E-state index contributed by atoms with van der Waals surface area (Å²) in [6.07, 6.45) is -1.85. The van der Waals surface area contributed by atoms with Crippen LogP contribution in [0.4, 0.5) is 0 Å². The standard InChI is InChI=1S/C31H29N2O.2C28H29N2O/c1-18(2)17-21-9-8-12-26-23(21)15-16-27(33(26)5)28-20(4)22-10-6-7-11-24(22)29-25-14-13-19(3)32-31(25)34-30(28)29;2*1-16(2)14-20-8-7-9-24-21(20)12-13-25(30(24)6)26-19(5)17(3)15-23-22-11-10-18(4)29-28(22)31-27(23)26/h6-16,18H,17H2,1-5H3;2*7-13,15-16H,14H2,1-6H3/q3*+1/i17D2;3D3,14D2;. The molecular formula is C87H87N6O3+3. The van der Waals surface area contributed by atoms with E-state index in [0.29, 0.717) is 50.7 Å². The zero-order valence-electron chi connectivity index (χ0n) is 64.9. The van der Waals surface area contributed by atoms with E-state index in [1.54, 1.807) is 6.07 Å². The number of aromatic nitrogens is 6. The van der Waals surface area contributed by atoms with Gasteiger partial charge in [-0.15, -0.1) is 0 Å². The molecule has 9 nitrogen and oxygen atoms in total. The summed E-state index contributed by atoms with van der Waals surface area (Å²) in [7, 11) is 6.14. The van der Waals surface area contributed by atoms with Crippen LogP contribution in [0.1, 0.15) is 113 Å². The number of nitrogens with zero attached hydrogens (tertiary/aromatic N) is 6. The fraction of sp³-hybridized carbons (Fsp3) is 0.264. The minimum Gasteiger partial charge on any atom is -0.437 e. The van der Waals surface area contributed by atoms with Gasteiger partial charge in [0, 0.05) is 112 Å². The van der Waals surface area contributed by atoms with Gasteiger partial charge in [0.05, 0.1) is 16.7 Å². The third kappa shape index (κ3) is 11.0. The normalized spacial score (nSPS) is 13.5. The molecule has 9 aromatic heterocycles. The van der Waals surface area contributed by atoms with Gasteiger partial charge in [-0.3, -0.25) is 0 Å². The average Bonchev–Trinajstić information content (AvgIpc) is 1.68. The predicted octanol–water partition coefficient (Wildman–Crippen LogP) is 21.1. The summed E-state index contributed by atoms with van der Waals surface area (Å²) in [5, 5.41) is 11.2. The maximum Gasteiger partial charge on any atom is 0.227 e. The van der Waals surface area contributed by atoms with Crippen LogP contribution in [0, 0.1) is 73.1 Å². The Kier molecular flexibility index (Phi) is 14.3. The number of pyridine rings is 6. The first kappa shape index (κ1) is 55.2. The van der Waals surface area contributed by atoms with Gasteiger partial charge in [-0.1, -0.05) is 102 Å². The van der Waals surface area contributed by atoms with Crippen LogP contribution in [0.25, 0.3) is 143 Å². The Morgan fingerprint density at radius 2 is 0.750 bits per heavy atom. The summed E-state index contributed by atoms with van der Waals surface area (Å²) < 4.78 is 85.1. The first-order chi connectivity index (χ1) is 48.9. The molecule has 0 aliphatic heterocycles. The first-order valence-corrected chi connectivity index (χ1v) is 33.5. The minimum absolute atomic E-state index is 0.137. The number of fused-ring (bicyclic) bond motifs is 14. The molecule has 9 heteroatoms. The first-order valence-electron chi connectivity index (χ1n) is 37.0. The summed E-state index contributed by atoms with van der Waals surface area (Å²) in [4.78, 5) is 13.9. The molecule has 7 aromatic carbocycles. The van der Waals surface area contributed by atoms with Crippen LogP contribution in [0.15, 0.2) is 177 Å². The molecule has 0 spiro atoms. The Morgan fingerprint density at radius 3 is 1.21 bits per heavy atom. The number of benzene rings is 7. The molecule has 0 saturated heterocycles. The largest absolute Gasteiger partial charge is 0.437 e. The highest BCUT2D eigenvalue weighted by Crippen LogP contribution is 2.44. The van der Waals surface area contributed by atoms with Gasteiger partial charge in [-0.2, -0.15) is 13.7 Å². The molecule has 0 aliphatic rings. The van der Waals surface area contributed by atoms with Gasteiger partial charge in [0.15, 0.2) is 16.7 Å². The highest BCUT2D eigenvalue weighted by molar-refractivity contribution is 6.23. The molecule has 0 aliphatic carbocycles. The number of rotatable bonds is 9. The topological polar surface area (TPSA) is 89.7 Å². The molecule has 0 saturated carbocycles. The maximum atomic E-state index is 8.74. The van der Waals surface area contributed by atoms with Crippen molar-refractivity contribution in [3.8, 4) is 33.8 Å². The summed E-state index contributed by atoms with van der Waals surface area (Å²) >= 11 is 0. The van der Waals surface area contributed by atoms with Gasteiger partial charge in [0.2, 0.25) is 50.8 Å². The molecule has 0 fully saturated rings. The van der Waals surface area contributed by atoms with Crippen molar-refractivity contribution in [3.05, 3.63) is 225 Å². The lowest BCUT2D eigenvalue weighted by Crippen LogP contribution is -2.32. The van der Waals surface area contributed by atoms with E-state index in [9.17, 15) is 0 Å². The van der Waals surface area contributed by atoms with Crippen LogP contribution in [-0.4, -0.2) is 15.0 Å². The van der Waals surface area contributed by atoms with Crippen LogP contribution in [0.2, 0.25) is 0 Å². The molecule has 9 heterocycles. The number of furan rings is 3. The van der Waals surface area contributed by atoms with Crippen molar-refractivity contribution in [2.24, 2.45) is 38.9 Å². The molecule has 480 valence electrons. The highest BCUT2D eigenvalue weighted by Gasteiger charge is 2.29. The minimum atomic E-state index is -2.30. The van der Waals surface area contributed by atoms with E-state index in [4.69, 9.17) is 27.8 Å². The van der Waals surface area contributed by atoms with Gasteiger partial charge < -0.3 is 13.3 Å². The molecule has 0 radical (unpaired) electrons. The van der Waals surface area contributed by atoms with E-state index in [0.717, 1.165) is 128 Å². The molecule has 0 amide bonds. The molecular weight excluding hydrogens is 1180 g/mol. The molecule has 16 aromatic rings. The SMILES string of the molecule is Cc1ccc2c(n1)oc1c(-c3ccc4c(CC(C)C)cccc4[n+]3C)c(C)c(C)cc12.[2H]C([2H])([2H])c1cc2c(oc3nc(C)ccc32)c(-c2ccc3c(C([2H])([2H])C(C)C)cccc3[n+]2C)c1C.[2H]C([2H])(c1cccc2c1ccc(-c1c(C)c3ccccc3c3c1oc1nc(C)ccc13)[n+]2C)C(C)C. The second kappa shape index (κ2) is 24.9. The predicted molar refractivity (Wildman–Crippen MR) is 398 cm³/mol. The average molecular weight is 1270 g/mol. The molecule has 16 rings (SSSR count). The Morgan fingerprint density at radius 1 is 0.365 bits per heavy atom. The van der Waals surface area contributed by atoms with Crippen LogP contribution in [-0.2, 0) is 40.3 Å². The van der Waals surface area contributed by atoms with Gasteiger partial charge in [-0.05, 0) is 214 Å². The third-order valence-corrected chi connectivity index (χ3v) is 19.2. The number of aryl methyl sites for hydroxylation is 9. The molecule has 0 bridgehead atoms. The lowest BCUT2D eigenvalue weighted by molar-refractivity contribution is -0.633. The second-order valence-electron chi connectivity index (χ2n) is 27.2. The summed E-state index contributed by atoms with van der Waals surface area (Å²) in [6.45, 7) is 24.1. The molecule has 0 atom stereocenters. The van der Waals surface area contributed by atoms with Gasteiger partial charge >= 0.3 is 0 Å². The summed E-state index contributed by atoms with van der Waals surface area (Å²) in [6, 6.07) is 55.4. The van der Waals surface area contributed by atoms with E-state index < -0.39 is 19.6 Å². The Hall–Kier alpha value is -10.1. The number of hydrogen-bond donors (Lipinski definition) is 0. The second-order valence-corrected chi connectivity index (χ2v) is 27.2. The highest BCUT2D eigenvalue weighted by atomic mass is 16.3. The van der Waals surface area contributed by atoms with Gasteiger partial charge in [0.25, 0.3) is 0 Å². The Balaban J connectivity index is 0.000000131. The van der Waals surface area contributed by atoms with Gasteiger partial charge in [-0.25, -0.2) is 15.0 Å². The quantitative estimate of drug-likeness (QED) is 0.134. The van der Waals surface area contributed by atoms with E-state index in [2.05, 4.69) is 165 Å². The zero-order valence-corrected chi connectivity index (χ0v) is 57.9. The Bertz CT molecular complexity index is 6160. The maximum absolute atomic E-state index is 8.74. The van der Waals surface area contributed by atoms with E-state index in [1.807, 2.05) is 128 Å². The lowest BCUT2D eigenvalue weighted by Gasteiger charge is -2.13. The van der Waals surface area contributed by atoms with E-state index in [-0.39, 0.29) is 17.4 Å². The summed E-state index contributed by atoms with van der Waals surface area (Å²) in [5.41, 5.74) is 23.2. The fourth-order valence-electron chi connectivity index (χ4n) is 14.4. The van der Waals surface area contributed by atoms with E-state index in [1.165, 1.54) is 33.0 Å². The third-order valence-electron chi connectivity index (χ3n) is 19.2. The van der Waals surface area contributed by atoms with Crippen molar-refractivity contribution in [2.75, 3.05) is 0 Å². The zero-order chi connectivity index (χ0) is 73.4. The smallest absolute Gasteiger partial charge is 0.227 e. The monoisotopic (exact) mass is 1270 g/mol. The number of hydrogen-bond acceptors (Lipinski definition) is 6. The van der Waals surface area contributed by atoms with Crippen LogP contribution >= 0.6 is 0 Å². The molecule has 0 unspecified atom stereocenters. The van der Waals surface area contributed by atoms with Crippen molar-refractivity contribution >= 4 is 110 Å². The van der Waals surface area contributed by atoms with Crippen LogP contribution in [0.5, 0.6) is 0 Å². The molecule has 96 heavy (non-hydrogen) atoms. The van der Waals surface area contributed by atoms with Crippen LogP contribution < -0.4 is 13.7 Å². The Labute approximate surface area is 572 Å². The van der Waals surface area contributed by atoms with Crippen molar-refractivity contribution < 1.29 is 36.5 Å². The van der Waals surface area contributed by atoms with Gasteiger partial charge in [0.1, 0.15) is 21.1 Å².